The molecule has 14 amide bonds. The summed E-state index contributed by atoms with van der Waals surface area (Å²) in [4.78, 5) is 279. The lowest BCUT2D eigenvalue weighted by molar-refractivity contribution is -0.156. The van der Waals surface area contributed by atoms with Crippen molar-refractivity contribution in [2.75, 3.05) is 32.0 Å². The van der Waals surface area contributed by atoms with E-state index >= 15 is 0 Å². The van der Waals surface area contributed by atoms with Gasteiger partial charge in [-0.2, -0.15) is 0 Å². The number of anilines is 1. The number of fused-ring (bicyclic) bond motifs is 1. The van der Waals surface area contributed by atoms with Gasteiger partial charge in [0, 0.05) is 46.8 Å². The Labute approximate surface area is 710 Å². The molecule has 1 aliphatic heterocycles. The number of ketones is 1. The third kappa shape index (κ3) is 31.5. The van der Waals surface area contributed by atoms with Crippen molar-refractivity contribution in [1.82, 2.24) is 74.1 Å². The van der Waals surface area contributed by atoms with Gasteiger partial charge >= 0.3 is 29.8 Å². The van der Waals surface area contributed by atoms with Gasteiger partial charge < -0.3 is 122 Å². The van der Waals surface area contributed by atoms with Crippen LogP contribution in [0.15, 0.2) is 79.0 Å². The number of carboxylic acid groups (broad SMARTS) is 4. The van der Waals surface area contributed by atoms with Crippen molar-refractivity contribution < 1.29 is 126 Å². The van der Waals surface area contributed by atoms with Crippen LogP contribution in [0.25, 0.3) is 10.9 Å². The number of carboxylic acids is 4. The largest absolute Gasteiger partial charge is 0.481 e. The Bertz CT molecular complexity index is 4550. The maximum Gasteiger partial charge on any atom is 0.329 e. The van der Waals surface area contributed by atoms with Gasteiger partial charge in [-0.05, 0) is 118 Å². The zero-order chi connectivity index (χ0) is 91.6. The van der Waals surface area contributed by atoms with Crippen LogP contribution in [0.5, 0.6) is 0 Å². The van der Waals surface area contributed by atoms with E-state index in [4.69, 9.17) is 21.9 Å². The van der Waals surface area contributed by atoms with Crippen molar-refractivity contribution in [1.29, 1.82) is 0 Å². The minimum Gasteiger partial charge on any atom is -0.481 e. The average molecular weight is 1740 g/mol. The molecule has 43 nitrogen and oxygen atoms in total. The molecular formula is C81H109N17O26. The Hall–Kier alpha value is -13.5. The number of aromatic amines is 1. The number of amides is 14. The summed E-state index contributed by atoms with van der Waals surface area (Å²) in [6.07, 6.45) is 1.54. The zero-order valence-corrected chi connectivity index (χ0v) is 68.8. The molecule has 674 valence electrons. The Morgan fingerprint density at radius 1 is 0.540 bits per heavy atom. The van der Waals surface area contributed by atoms with Crippen molar-refractivity contribution in [3.63, 3.8) is 0 Å². The SMILES string of the molecule is CCCCCCC1CCC(c2ccc(C(=O)NC(Cc3c[nH]c4ccccc34)C(=O)N[C@H](CC(N)=O)C(=O)N[C@@H](CC(=O)O)C(=O)N[C@@H]3C(=O)NCC(=O)N[C@@H](CCCN)C(=O)N[C@@H](CC(=O)O)C(=O)N[C@H](C)C(=O)N[C@@H](CC(=O)O)C(=O)NCC(=O)N[C@H](CO)C(=O)N[C@@H]([C@H](C)CC(=O)O)C(=O)N[C@@H](CC(=O)c4ccccc4N)C(=O)O[C@@H]3C)cc2)CC1. The van der Waals surface area contributed by atoms with Gasteiger partial charge in [0.05, 0.1) is 51.8 Å². The first kappa shape index (κ1) is 99.3. The number of Topliss-reactive ketones (excluding diaryl/α,β-unsaturated/α-hetero) is 1. The molecule has 124 heavy (non-hydrogen) atoms. The maximum atomic E-state index is 14.9. The number of aromatic nitrogens is 1. The number of hydrogen-bond donors (Lipinski definition) is 22. The van der Waals surface area contributed by atoms with Crippen LogP contribution in [-0.2, 0) is 97.5 Å². The van der Waals surface area contributed by atoms with E-state index < -0.39 is 261 Å². The summed E-state index contributed by atoms with van der Waals surface area (Å²) in [6.45, 7) is 1.21. The van der Waals surface area contributed by atoms with Crippen LogP contribution in [0.1, 0.15) is 175 Å². The summed E-state index contributed by atoms with van der Waals surface area (Å²) in [7, 11) is 0. The van der Waals surface area contributed by atoms with E-state index in [0.717, 1.165) is 58.4 Å². The highest BCUT2D eigenvalue weighted by molar-refractivity contribution is 6.06. The first-order chi connectivity index (χ1) is 58.8. The molecule has 3 aromatic carbocycles. The summed E-state index contributed by atoms with van der Waals surface area (Å²) in [5.74, 6) is -29.1. The average Bonchev–Trinajstić information content (AvgIpc) is 1.64. The highest BCUT2D eigenvalue weighted by Crippen LogP contribution is 2.38. The van der Waals surface area contributed by atoms with Gasteiger partial charge in [-0.1, -0.05) is 88.4 Å². The van der Waals surface area contributed by atoms with Gasteiger partial charge in [0.2, 0.25) is 76.8 Å². The number of unbranched alkanes of at least 4 members (excludes halogenated alkanes) is 3. The molecular weight excluding hydrogens is 1630 g/mol. The van der Waals surface area contributed by atoms with Crippen LogP contribution >= 0.6 is 0 Å². The molecule has 4 aromatic rings. The van der Waals surface area contributed by atoms with Gasteiger partial charge in [0.25, 0.3) is 5.91 Å². The quantitative estimate of drug-likeness (QED) is 0.00947. The second-order valence-electron chi connectivity index (χ2n) is 30.5. The number of aliphatic carboxylic acids is 4. The molecule has 13 atom stereocenters. The number of esters is 1. The first-order valence-corrected chi connectivity index (χ1v) is 40.4. The van der Waals surface area contributed by atoms with Crippen LogP contribution in [0.4, 0.5) is 5.69 Å². The van der Waals surface area contributed by atoms with Gasteiger partial charge in [-0.15, -0.1) is 0 Å². The number of hydrogen-bond acceptors (Lipinski definition) is 24. The molecule has 43 heteroatoms. The summed E-state index contributed by atoms with van der Waals surface area (Å²) < 4.78 is 5.71. The summed E-state index contributed by atoms with van der Waals surface area (Å²) >= 11 is 0. The number of carbonyl (C=O) groups is 20. The molecule has 1 saturated heterocycles. The van der Waals surface area contributed by atoms with E-state index in [0.29, 0.717) is 22.4 Å². The number of nitrogens with two attached hydrogens (primary N) is 3. The highest BCUT2D eigenvalue weighted by atomic mass is 16.5. The third-order valence-electron chi connectivity index (χ3n) is 20.8. The van der Waals surface area contributed by atoms with E-state index in [2.05, 4.69) is 65.1 Å². The van der Waals surface area contributed by atoms with Crippen molar-refractivity contribution in [2.45, 2.75) is 222 Å². The van der Waals surface area contributed by atoms with Crippen LogP contribution in [0.2, 0.25) is 0 Å². The molecule has 2 fully saturated rings. The number of nitrogens with one attached hydrogen (secondary N) is 14. The van der Waals surface area contributed by atoms with E-state index in [1.54, 1.807) is 42.6 Å². The van der Waals surface area contributed by atoms with Crippen LogP contribution in [0.3, 0.4) is 0 Å². The second-order valence-corrected chi connectivity index (χ2v) is 30.5. The number of para-hydroxylation sites is 2. The number of cyclic esters (lactones) is 1. The fourth-order valence-electron chi connectivity index (χ4n) is 14.0. The molecule has 2 aliphatic rings. The number of aliphatic hydroxyl groups excluding tert-OH is 1. The molecule has 0 spiro atoms. The van der Waals surface area contributed by atoms with Gasteiger partial charge in [-0.25, -0.2) is 4.79 Å². The number of rotatable bonds is 34. The number of ether oxygens (including phenoxy) is 1. The standard InChI is InChI=1S/C81H109N17O26/c1-5-6-7-8-14-43-20-22-44(23-21-43)45-24-26-46(27-25-45)71(113)92-53(30-47-36-85-51-18-12-10-15-48(47)51)75(117)93-54(32-61(84)101)76(118)95-57(35-67(110)111)77(119)98-69-42(4)124-81(123)58(31-60(100)49-16-9-11-17-50(49)83)96-80(122)68(40(2)29-64(104)105)97-78(120)59(39-99)90-63(103)37-86-72(114)55(33-65(106)107)91-70(112)41(3)88-74(116)56(34-66(108)109)94-73(115)52(19-13-28-82)89-62(102)38-87-79(69)121/h9-12,15-18,24-27,36,40-44,52-59,68-69,85,99H,5-8,13-14,19-23,28-35,37-39,82-83H2,1-4H3,(H2,84,101)(H,86,114)(H,87,121)(H,88,116)(H,89,102)(H,90,103)(H,91,112)(H,92,113)(H,93,117)(H,94,115)(H,95,118)(H,96,122)(H,97,120)(H,98,119)(H,104,105)(H,106,107)(H,108,109)(H,110,111)/t40-,41-,42-,43?,44?,52+,53?,54-,55+,56+,57+,58+,59-,68+,69+/m1/s1. The fourth-order valence-corrected chi connectivity index (χ4v) is 14.0. The number of aliphatic hydroxyl groups is 1. The molecule has 2 heterocycles. The highest BCUT2D eigenvalue weighted by Gasteiger charge is 2.42. The number of primary amides is 1. The Morgan fingerprint density at radius 2 is 1.10 bits per heavy atom. The van der Waals surface area contributed by atoms with E-state index in [-0.39, 0.29) is 42.1 Å². The molecule has 1 aliphatic carbocycles. The number of nitrogen functional groups attached to an aromatic ring is 1. The van der Waals surface area contributed by atoms with Crippen molar-refractivity contribution in [2.24, 2.45) is 23.3 Å². The van der Waals surface area contributed by atoms with E-state index in [9.17, 15) is 121 Å². The monoisotopic (exact) mass is 1740 g/mol. The van der Waals surface area contributed by atoms with Crippen molar-refractivity contribution >= 4 is 135 Å². The smallest absolute Gasteiger partial charge is 0.329 e. The molecule has 1 saturated carbocycles. The Morgan fingerprint density at radius 3 is 1.71 bits per heavy atom. The lowest BCUT2D eigenvalue weighted by Crippen LogP contribution is -2.62. The number of benzene rings is 3. The minimum atomic E-state index is -2.46. The topological polar surface area (TPSA) is 702 Å². The molecule has 1 unspecified atom stereocenters. The molecule has 25 N–H and O–H groups in total. The van der Waals surface area contributed by atoms with Crippen LogP contribution in [0, 0.1) is 11.8 Å². The second kappa shape index (κ2) is 48.8. The predicted molar refractivity (Wildman–Crippen MR) is 437 cm³/mol. The molecule has 6 rings (SSSR count). The van der Waals surface area contributed by atoms with Gasteiger partial charge in [-0.3, -0.25) is 91.1 Å². The molecule has 0 bridgehead atoms. The predicted octanol–water partition coefficient (Wildman–Crippen LogP) is -3.20. The van der Waals surface area contributed by atoms with Crippen molar-refractivity contribution in [3.8, 4) is 0 Å². The Kier molecular flexibility index (Phi) is 39.1. The maximum absolute atomic E-state index is 14.9. The first-order valence-electron chi connectivity index (χ1n) is 40.4. The van der Waals surface area contributed by atoms with Crippen LogP contribution in [-0.4, -0.2) is 248 Å². The zero-order valence-electron chi connectivity index (χ0n) is 68.8. The van der Waals surface area contributed by atoms with Crippen molar-refractivity contribution in [3.05, 3.63) is 101 Å². The molecule has 1 aromatic heterocycles. The minimum absolute atomic E-state index is 0.0975. The summed E-state index contributed by atoms with van der Waals surface area (Å²) in [5.41, 5.74) is 19.3. The van der Waals surface area contributed by atoms with Gasteiger partial charge in [0.15, 0.2) is 5.78 Å². The third-order valence-corrected chi connectivity index (χ3v) is 20.8. The Balaban J connectivity index is 1.38. The summed E-state index contributed by atoms with van der Waals surface area (Å²) in [5, 5.41) is 79.0. The van der Waals surface area contributed by atoms with E-state index in [1.165, 1.54) is 49.9 Å². The van der Waals surface area contributed by atoms with E-state index in [1.807, 2.05) is 28.1 Å². The normalized spacial score (nSPS) is 22.4. The number of H-pyrrole nitrogens is 1. The summed E-state index contributed by atoms with van der Waals surface area (Å²) in [6, 6.07) is -3.82. The van der Waals surface area contributed by atoms with Gasteiger partial charge in [0.1, 0.15) is 72.6 Å². The number of carbonyl (C=O) groups excluding carboxylic acids is 16. The van der Waals surface area contributed by atoms with Crippen LogP contribution < -0.4 is 86.3 Å². The molecule has 0 radical (unpaired) electrons. The lowest BCUT2D eigenvalue weighted by Gasteiger charge is -2.30. The fraction of sp³-hybridized carbons (Fsp3) is 0.506. The lowest BCUT2D eigenvalue weighted by atomic mass is 9.77.